The third kappa shape index (κ3) is 3.29. The van der Waals surface area contributed by atoms with Crippen LogP contribution in [0.3, 0.4) is 0 Å². The lowest BCUT2D eigenvalue weighted by Crippen LogP contribution is -2.46. The first-order valence-electron chi connectivity index (χ1n) is 5.99. The van der Waals surface area contributed by atoms with Crippen molar-refractivity contribution in [3.05, 3.63) is 28.8 Å². The molecule has 106 valence electrons. The van der Waals surface area contributed by atoms with Gasteiger partial charge in [-0.2, -0.15) is 15.2 Å². The van der Waals surface area contributed by atoms with E-state index in [0.717, 1.165) is 0 Å². The molecule has 20 heavy (non-hydrogen) atoms. The van der Waals surface area contributed by atoms with Crippen molar-refractivity contribution < 1.29 is 8.42 Å². The third-order valence-corrected chi connectivity index (χ3v) is 5.12. The molecule has 0 bridgehead atoms. The quantitative estimate of drug-likeness (QED) is 0.904. The van der Waals surface area contributed by atoms with Gasteiger partial charge in [0.15, 0.2) is 0 Å². The fraction of sp³-hybridized carbons (Fsp3) is 0.385. The molecular formula is C13H14ClN3O2S. The molecule has 0 amide bonds. The van der Waals surface area contributed by atoms with E-state index in [1.54, 1.807) is 13.8 Å². The van der Waals surface area contributed by atoms with Crippen molar-refractivity contribution in [2.75, 3.05) is 0 Å². The van der Waals surface area contributed by atoms with Crippen LogP contribution in [-0.2, 0) is 10.0 Å². The van der Waals surface area contributed by atoms with Crippen LogP contribution in [0.1, 0.15) is 32.3 Å². The maximum Gasteiger partial charge on any atom is 0.243 e. The molecule has 0 aliphatic heterocycles. The van der Waals surface area contributed by atoms with Gasteiger partial charge in [0.1, 0.15) is 10.4 Å². The third-order valence-electron chi connectivity index (χ3n) is 3.10. The van der Waals surface area contributed by atoms with Gasteiger partial charge < -0.3 is 0 Å². The molecule has 1 rings (SSSR count). The van der Waals surface area contributed by atoms with E-state index in [2.05, 4.69) is 4.72 Å². The number of benzene rings is 1. The van der Waals surface area contributed by atoms with Gasteiger partial charge in [-0.05, 0) is 31.0 Å². The minimum Gasteiger partial charge on any atom is -0.207 e. The maximum absolute atomic E-state index is 12.3. The van der Waals surface area contributed by atoms with E-state index in [-0.39, 0.29) is 15.5 Å². The van der Waals surface area contributed by atoms with E-state index in [4.69, 9.17) is 16.9 Å². The number of nitrogens with zero attached hydrogens (tertiary/aromatic N) is 2. The smallest absolute Gasteiger partial charge is 0.207 e. The Balaban J connectivity index is 3.26. The minimum atomic E-state index is -3.92. The summed E-state index contributed by atoms with van der Waals surface area (Å²) >= 11 is 5.90. The average molecular weight is 312 g/mol. The summed E-state index contributed by atoms with van der Waals surface area (Å²) < 4.78 is 27.0. The standard InChI is InChI=1S/C13H14ClN3O2S/c1-3-13(4-2,9-16)17-20(18,19)12-6-5-10(8-15)7-11(12)14/h5-7,17H,3-4H2,1-2H3. The number of halogens is 1. The van der Waals surface area contributed by atoms with Gasteiger partial charge in [-0.25, -0.2) is 8.42 Å². The molecule has 0 aliphatic rings. The Kier molecular flexibility index (Phi) is 5.13. The summed E-state index contributed by atoms with van der Waals surface area (Å²) in [5.74, 6) is 0. The number of rotatable bonds is 5. The zero-order chi connectivity index (χ0) is 15.4. The van der Waals surface area contributed by atoms with Crippen LogP contribution in [-0.4, -0.2) is 14.0 Å². The highest BCUT2D eigenvalue weighted by Gasteiger charge is 2.33. The fourth-order valence-corrected chi connectivity index (χ4v) is 3.68. The Morgan fingerprint density at radius 3 is 2.30 bits per heavy atom. The van der Waals surface area contributed by atoms with Crippen molar-refractivity contribution in [1.82, 2.24) is 4.72 Å². The van der Waals surface area contributed by atoms with E-state index in [0.29, 0.717) is 12.8 Å². The van der Waals surface area contributed by atoms with Gasteiger partial charge in [0.25, 0.3) is 0 Å². The predicted molar refractivity (Wildman–Crippen MR) is 75.4 cm³/mol. The molecule has 0 radical (unpaired) electrons. The molecule has 1 N–H and O–H groups in total. The number of sulfonamides is 1. The second-order valence-electron chi connectivity index (χ2n) is 4.26. The molecule has 0 fully saturated rings. The molecule has 0 aliphatic carbocycles. The average Bonchev–Trinajstić information content (AvgIpc) is 2.44. The van der Waals surface area contributed by atoms with Crippen molar-refractivity contribution in [2.45, 2.75) is 37.1 Å². The lowest BCUT2D eigenvalue weighted by atomic mass is 9.97. The summed E-state index contributed by atoms with van der Waals surface area (Å²) in [6.45, 7) is 3.46. The van der Waals surface area contributed by atoms with Gasteiger partial charge in [-0.1, -0.05) is 25.4 Å². The summed E-state index contributed by atoms with van der Waals surface area (Å²) in [6.07, 6.45) is 0.681. The van der Waals surface area contributed by atoms with Gasteiger partial charge in [0, 0.05) is 0 Å². The number of hydrogen-bond acceptors (Lipinski definition) is 4. The number of nitrogens with one attached hydrogen (secondary N) is 1. The van der Waals surface area contributed by atoms with Gasteiger partial charge in [0.05, 0.1) is 22.7 Å². The summed E-state index contributed by atoms with van der Waals surface area (Å²) in [4.78, 5) is -0.139. The number of nitriles is 2. The lowest BCUT2D eigenvalue weighted by molar-refractivity contribution is 0.446. The second-order valence-corrected chi connectivity index (χ2v) is 6.32. The van der Waals surface area contributed by atoms with Crippen molar-refractivity contribution in [3.63, 3.8) is 0 Å². The Morgan fingerprint density at radius 1 is 1.30 bits per heavy atom. The van der Waals surface area contributed by atoms with Crippen LogP contribution in [0.4, 0.5) is 0 Å². The fourth-order valence-electron chi connectivity index (χ4n) is 1.68. The highest BCUT2D eigenvalue weighted by atomic mass is 35.5. The molecule has 0 saturated heterocycles. The monoisotopic (exact) mass is 311 g/mol. The molecule has 7 heteroatoms. The van der Waals surface area contributed by atoms with Crippen LogP contribution < -0.4 is 4.72 Å². The molecule has 0 aromatic heterocycles. The van der Waals surface area contributed by atoms with Gasteiger partial charge in [-0.3, -0.25) is 0 Å². The Morgan fingerprint density at radius 2 is 1.90 bits per heavy atom. The number of hydrogen-bond donors (Lipinski definition) is 1. The molecule has 0 atom stereocenters. The SMILES string of the molecule is CCC(C#N)(CC)NS(=O)(=O)c1ccc(C#N)cc1Cl. The molecule has 1 aromatic rings. The molecule has 1 aromatic carbocycles. The van der Waals surface area contributed by atoms with Crippen LogP contribution in [0, 0.1) is 22.7 Å². The Hall–Kier alpha value is -1.60. The van der Waals surface area contributed by atoms with E-state index in [9.17, 15) is 13.7 Å². The summed E-state index contributed by atoms with van der Waals surface area (Å²) in [5.41, 5.74) is -0.887. The molecule has 0 saturated carbocycles. The summed E-state index contributed by atoms with van der Waals surface area (Å²) in [7, 11) is -3.92. The normalized spacial score (nSPS) is 11.7. The van der Waals surface area contributed by atoms with Crippen molar-refractivity contribution in [3.8, 4) is 12.1 Å². The topological polar surface area (TPSA) is 93.8 Å². The molecule has 0 heterocycles. The maximum atomic E-state index is 12.3. The molecule has 0 spiro atoms. The predicted octanol–water partition coefficient (Wildman–Crippen LogP) is 2.57. The first-order chi connectivity index (χ1) is 9.34. The van der Waals surface area contributed by atoms with Crippen molar-refractivity contribution >= 4 is 21.6 Å². The second kappa shape index (κ2) is 6.23. The first kappa shape index (κ1) is 16.5. The minimum absolute atomic E-state index is 0.0457. The summed E-state index contributed by atoms with van der Waals surface area (Å²) in [6, 6.07) is 7.78. The van der Waals surface area contributed by atoms with Gasteiger partial charge in [-0.15, -0.1) is 0 Å². The van der Waals surface area contributed by atoms with Crippen LogP contribution >= 0.6 is 11.6 Å². The van der Waals surface area contributed by atoms with E-state index in [1.165, 1.54) is 18.2 Å². The lowest BCUT2D eigenvalue weighted by Gasteiger charge is -2.24. The highest BCUT2D eigenvalue weighted by molar-refractivity contribution is 7.89. The summed E-state index contributed by atoms with van der Waals surface area (Å²) in [5, 5.41) is 17.9. The van der Waals surface area contributed by atoms with Crippen LogP contribution in [0.15, 0.2) is 23.1 Å². The van der Waals surface area contributed by atoms with E-state index in [1.807, 2.05) is 12.1 Å². The molecular weight excluding hydrogens is 298 g/mol. The van der Waals surface area contributed by atoms with Crippen LogP contribution in [0.2, 0.25) is 5.02 Å². The van der Waals surface area contributed by atoms with Gasteiger partial charge >= 0.3 is 0 Å². The zero-order valence-corrected chi connectivity index (χ0v) is 12.7. The van der Waals surface area contributed by atoms with Crippen LogP contribution in [0.5, 0.6) is 0 Å². The Bertz CT molecular complexity index is 683. The zero-order valence-electron chi connectivity index (χ0n) is 11.1. The van der Waals surface area contributed by atoms with Gasteiger partial charge in [0.2, 0.25) is 10.0 Å². The van der Waals surface area contributed by atoms with Crippen LogP contribution in [0.25, 0.3) is 0 Å². The van der Waals surface area contributed by atoms with Crippen molar-refractivity contribution in [1.29, 1.82) is 10.5 Å². The molecule has 5 nitrogen and oxygen atoms in total. The Labute approximate surface area is 123 Å². The van der Waals surface area contributed by atoms with Crippen molar-refractivity contribution in [2.24, 2.45) is 0 Å². The first-order valence-corrected chi connectivity index (χ1v) is 7.85. The largest absolute Gasteiger partial charge is 0.243 e. The van der Waals surface area contributed by atoms with E-state index < -0.39 is 15.6 Å². The van der Waals surface area contributed by atoms with E-state index >= 15 is 0 Å². The highest BCUT2D eigenvalue weighted by Crippen LogP contribution is 2.25. The molecule has 0 unspecified atom stereocenters.